The number of allylic oxidation sites excluding steroid dienone is 1. The van der Waals surface area contributed by atoms with Gasteiger partial charge < -0.3 is 24.9 Å². The molecule has 0 aliphatic rings. The second-order valence-corrected chi connectivity index (χ2v) is 8.61. The van der Waals surface area contributed by atoms with Gasteiger partial charge >= 0.3 is 6.01 Å². The highest BCUT2D eigenvalue weighted by Gasteiger charge is 2.13. The smallest absolute Gasteiger partial charge is 0.325 e. The Hall–Kier alpha value is -4.31. The van der Waals surface area contributed by atoms with Crippen LogP contribution in [0.4, 0.5) is 17.5 Å². The SMILES string of the molecule is C/C=C/c1cc(Nc2cc(NCCCn3ccnc3)nc(Oc3ccc4[nH]c(C)cc4c3Cl)n2)n[nH]1. The molecule has 0 saturated heterocycles. The number of hydrogen-bond donors (Lipinski definition) is 4. The minimum atomic E-state index is 0.162. The highest BCUT2D eigenvalue weighted by atomic mass is 35.5. The number of aromatic amines is 2. The number of nitrogens with one attached hydrogen (secondary N) is 4. The molecule has 5 rings (SSSR count). The molecule has 0 aliphatic carbocycles. The lowest BCUT2D eigenvalue weighted by molar-refractivity contribution is 0.444. The molecule has 0 fully saturated rings. The van der Waals surface area contributed by atoms with Gasteiger partial charge in [0.05, 0.1) is 17.0 Å². The first-order valence-corrected chi connectivity index (χ1v) is 11.9. The molecule has 4 N–H and O–H groups in total. The summed E-state index contributed by atoms with van der Waals surface area (Å²) in [6.07, 6.45) is 10.3. The van der Waals surface area contributed by atoms with E-state index >= 15 is 0 Å². The van der Waals surface area contributed by atoms with Crippen molar-refractivity contribution in [2.45, 2.75) is 26.8 Å². The van der Waals surface area contributed by atoms with Crippen molar-refractivity contribution in [2.24, 2.45) is 0 Å². The van der Waals surface area contributed by atoms with E-state index in [-0.39, 0.29) is 6.01 Å². The van der Waals surface area contributed by atoms with Crippen molar-refractivity contribution < 1.29 is 4.74 Å². The maximum atomic E-state index is 6.64. The Kier molecular flexibility index (Phi) is 6.85. The number of anilines is 3. The van der Waals surface area contributed by atoms with Gasteiger partial charge in [0, 0.05) is 54.2 Å². The molecular weight excluding hydrogens is 478 g/mol. The quantitative estimate of drug-likeness (QED) is 0.175. The Labute approximate surface area is 212 Å². The summed E-state index contributed by atoms with van der Waals surface area (Å²) >= 11 is 6.64. The van der Waals surface area contributed by atoms with E-state index < -0.39 is 0 Å². The van der Waals surface area contributed by atoms with E-state index in [1.165, 1.54) is 0 Å². The average molecular weight is 504 g/mol. The first-order valence-electron chi connectivity index (χ1n) is 11.6. The summed E-state index contributed by atoms with van der Waals surface area (Å²) in [5.41, 5.74) is 2.84. The van der Waals surface area contributed by atoms with Gasteiger partial charge in [-0.25, -0.2) is 4.98 Å². The largest absolute Gasteiger partial charge is 0.423 e. The molecule has 0 aliphatic heterocycles. The molecule has 184 valence electrons. The summed E-state index contributed by atoms with van der Waals surface area (Å²) in [7, 11) is 0. The van der Waals surface area contributed by atoms with Crippen LogP contribution in [0.25, 0.3) is 17.0 Å². The second-order valence-electron chi connectivity index (χ2n) is 8.23. The molecule has 10 nitrogen and oxygen atoms in total. The first-order chi connectivity index (χ1) is 17.6. The van der Waals surface area contributed by atoms with Gasteiger partial charge in [0.1, 0.15) is 17.4 Å². The van der Waals surface area contributed by atoms with Crippen LogP contribution in [0.15, 0.2) is 55.1 Å². The Morgan fingerprint density at radius 1 is 1.14 bits per heavy atom. The van der Waals surface area contributed by atoms with Crippen molar-refractivity contribution in [1.82, 2.24) is 34.7 Å². The van der Waals surface area contributed by atoms with Gasteiger partial charge in [-0.2, -0.15) is 15.1 Å². The van der Waals surface area contributed by atoms with E-state index in [9.17, 15) is 0 Å². The minimum absolute atomic E-state index is 0.162. The van der Waals surface area contributed by atoms with Crippen molar-refractivity contribution >= 4 is 46.0 Å². The van der Waals surface area contributed by atoms with Crippen LogP contribution in [0.5, 0.6) is 11.8 Å². The molecule has 0 amide bonds. The van der Waals surface area contributed by atoms with E-state index in [0.717, 1.165) is 35.3 Å². The van der Waals surface area contributed by atoms with Crippen LogP contribution in [0.2, 0.25) is 5.02 Å². The molecular formula is C25H26ClN9O. The van der Waals surface area contributed by atoms with Gasteiger partial charge in [-0.1, -0.05) is 17.7 Å². The summed E-state index contributed by atoms with van der Waals surface area (Å²) in [6.45, 7) is 5.48. The van der Waals surface area contributed by atoms with E-state index in [4.69, 9.17) is 16.3 Å². The molecule has 0 atom stereocenters. The molecule has 0 radical (unpaired) electrons. The maximum Gasteiger partial charge on any atom is 0.325 e. The molecule has 36 heavy (non-hydrogen) atoms. The lowest BCUT2D eigenvalue weighted by Crippen LogP contribution is -2.08. The lowest BCUT2D eigenvalue weighted by atomic mass is 10.2. The van der Waals surface area contributed by atoms with Crippen LogP contribution in [0.1, 0.15) is 24.7 Å². The predicted octanol–water partition coefficient (Wildman–Crippen LogP) is 5.91. The van der Waals surface area contributed by atoms with Crippen LogP contribution in [-0.4, -0.2) is 41.2 Å². The Morgan fingerprint density at radius 3 is 2.86 bits per heavy atom. The molecule has 0 saturated carbocycles. The lowest BCUT2D eigenvalue weighted by Gasteiger charge is -2.12. The third-order valence-electron chi connectivity index (χ3n) is 5.40. The van der Waals surface area contributed by atoms with Gasteiger partial charge in [0.25, 0.3) is 0 Å². The number of ether oxygens (including phenoxy) is 1. The van der Waals surface area contributed by atoms with Crippen molar-refractivity contribution in [3.63, 3.8) is 0 Å². The third kappa shape index (κ3) is 5.49. The van der Waals surface area contributed by atoms with E-state index in [1.807, 2.05) is 61.0 Å². The fraction of sp³-hybridized carbons (Fsp3) is 0.200. The highest BCUT2D eigenvalue weighted by molar-refractivity contribution is 6.37. The summed E-state index contributed by atoms with van der Waals surface area (Å²) in [4.78, 5) is 16.4. The number of halogens is 1. The predicted molar refractivity (Wildman–Crippen MR) is 142 cm³/mol. The van der Waals surface area contributed by atoms with Gasteiger partial charge in [0.15, 0.2) is 5.82 Å². The number of fused-ring (bicyclic) bond motifs is 1. The number of rotatable bonds is 10. The summed E-state index contributed by atoms with van der Waals surface area (Å²) in [5.74, 6) is 2.25. The van der Waals surface area contributed by atoms with Crippen LogP contribution in [-0.2, 0) is 6.54 Å². The summed E-state index contributed by atoms with van der Waals surface area (Å²) in [6, 6.07) is 9.58. The molecule has 0 unspecified atom stereocenters. The number of imidazole rings is 1. The highest BCUT2D eigenvalue weighted by Crippen LogP contribution is 2.35. The molecule has 1 aromatic carbocycles. The van der Waals surface area contributed by atoms with E-state index in [1.54, 1.807) is 18.6 Å². The van der Waals surface area contributed by atoms with E-state index in [2.05, 4.69) is 40.8 Å². The Balaban J connectivity index is 1.37. The Bertz CT molecular complexity index is 1490. The van der Waals surface area contributed by atoms with Gasteiger partial charge in [0.2, 0.25) is 0 Å². The van der Waals surface area contributed by atoms with Crippen molar-refractivity contribution in [1.29, 1.82) is 0 Å². The number of benzene rings is 1. The normalized spacial score (nSPS) is 11.4. The monoisotopic (exact) mass is 503 g/mol. The fourth-order valence-electron chi connectivity index (χ4n) is 3.78. The maximum absolute atomic E-state index is 6.64. The molecule has 11 heteroatoms. The number of aromatic nitrogens is 7. The molecule has 0 spiro atoms. The van der Waals surface area contributed by atoms with Gasteiger partial charge in [-0.15, -0.1) is 0 Å². The number of H-pyrrole nitrogens is 2. The van der Waals surface area contributed by atoms with Crippen LogP contribution in [0.3, 0.4) is 0 Å². The Morgan fingerprint density at radius 2 is 2.03 bits per heavy atom. The summed E-state index contributed by atoms with van der Waals surface area (Å²) < 4.78 is 8.09. The van der Waals surface area contributed by atoms with Gasteiger partial charge in [-0.05, 0) is 44.5 Å². The zero-order valence-electron chi connectivity index (χ0n) is 19.9. The standard InChI is InChI=1S/C25H26ClN9O/c1-3-5-17-13-23(34-33-17)30-22-14-21(28-8-4-10-35-11-9-27-15-35)31-25(32-22)36-20-7-6-19-18(24(20)26)12-16(2)29-19/h3,5-7,9,11-15,29H,4,8,10H2,1-2H3,(H3,28,30,31,32,33,34)/b5-3+. The average Bonchev–Trinajstić information content (AvgIpc) is 3.61. The fourth-order valence-corrected chi connectivity index (χ4v) is 4.04. The van der Waals surface area contributed by atoms with Crippen LogP contribution >= 0.6 is 11.6 Å². The topological polar surface area (TPSA) is 121 Å². The second kappa shape index (κ2) is 10.5. The van der Waals surface area contributed by atoms with Gasteiger partial charge in [-0.3, -0.25) is 5.10 Å². The molecule has 0 bridgehead atoms. The van der Waals surface area contributed by atoms with Crippen molar-refractivity contribution in [2.75, 3.05) is 17.2 Å². The van der Waals surface area contributed by atoms with Crippen molar-refractivity contribution in [3.05, 3.63) is 71.5 Å². The summed E-state index contributed by atoms with van der Waals surface area (Å²) in [5, 5.41) is 15.2. The molecule has 4 heterocycles. The first kappa shape index (κ1) is 23.4. The third-order valence-corrected chi connectivity index (χ3v) is 5.79. The zero-order valence-corrected chi connectivity index (χ0v) is 20.7. The number of aryl methyl sites for hydroxylation is 2. The van der Waals surface area contributed by atoms with Crippen LogP contribution in [0, 0.1) is 6.92 Å². The number of nitrogens with zero attached hydrogens (tertiary/aromatic N) is 5. The molecule has 5 aromatic rings. The van der Waals surface area contributed by atoms with E-state index in [0.29, 0.717) is 34.8 Å². The zero-order chi connectivity index (χ0) is 24.9. The van der Waals surface area contributed by atoms with Crippen LogP contribution < -0.4 is 15.4 Å². The molecule has 4 aromatic heterocycles. The van der Waals surface area contributed by atoms with Crippen molar-refractivity contribution in [3.8, 4) is 11.8 Å². The number of hydrogen-bond acceptors (Lipinski definition) is 7. The minimum Gasteiger partial charge on any atom is -0.423 e.